The lowest BCUT2D eigenvalue weighted by Gasteiger charge is -2.31. The van der Waals surface area contributed by atoms with Crippen LogP contribution < -0.4 is 5.73 Å². The van der Waals surface area contributed by atoms with Gasteiger partial charge in [-0.25, -0.2) is 0 Å². The molecule has 1 aliphatic rings. The summed E-state index contributed by atoms with van der Waals surface area (Å²) in [4.78, 5) is 14.8. The Morgan fingerprint density at radius 3 is 2.76 bits per heavy atom. The molecule has 2 unspecified atom stereocenters. The van der Waals surface area contributed by atoms with E-state index >= 15 is 0 Å². The Hall–Kier alpha value is -1.55. The number of carbonyl (C=O) groups excluding carboxylic acids is 1. The summed E-state index contributed by atoms with van der Waals surface area (Å²) in [7, 11) is 0. The number of hydrogen-bond donors (Lipinski definition) is 1. The van der Waals surface area contributed by atoms with E-state index in [1.54, 1.807) is 0 Å². The van der Waals surface area contributed by atoms with Crippen LogP contribution >= 0.6 is 0 Å². The first kappa shape index (κ1) is 15.8. The average molecular weight is 290 g/mol. The molecule has 4 nitrogen and oxygen atoms in total. The Morgan fingerprint density at radius 2 is 2.14 bits per heavy atom. The van der Waals surface area contributed by atoms with Gasteiger partial charge in [-0.05, 0) is 38.3 Å². The zero-order chi connectivity index (χ0) is 15.4. The van der Waals surface area contributed by atoms with E-state index in [9.17, 15) is 4.79 Å². The number of rotatable bonds is 5. The minimum atomic E-state index is -0.0117. The molecule has 0 spiro atoms. The number of nitrogens with two attached hydrogens (primary N) is 1. The Bertz CT molecular complexity index is 487. The van der Waals surface area contributed by atoms with Gasteiger partial charge in [0.25, 0.3) is 0 Å². The molecular weight excluding hydrogens is 264 g/mol. The number of hydrogen-bond acceptors (Lipinski definition) is 3. The van der Waals surface area contributed by atoms with Crippen molar-refractivity contribution in [3.05, 3.63) is 29.8 Å². The third kappa shape index (κ3) is 3.56. The van der Waals surface area contributed by atoms with E-state index in [2.05, 4.69) is 6.92 Å². The molecule has 1 heterocycles. The zero-order valence-corrected chi connectivity index (χ0v) is 13.2. The van der Waals surface area contributed by atoms with Crippen LogP contribution in [-0.4, -0.2) is 29.6 Å². The first-order valence-corrected chi connectivity index (χ1v) is 7.80. The molecule has 1 aliphatic heterocycles. The molecule has 1 aromatic rings. The van der Waals surface area contributed by atoms with Gasteiger partial charge in [0.15, 0.2) is 0 Å². The quantitative estimate of drug-likeness (QED) is 0.848. The van der Waals surface area contributed by atoms with Crippen LogP contribution in [0, 0.1) is 5.92 Å². The van der Waals surface area contributed by atoms with E-state index in [0.717, 1.165) is 24.1 Å². The first-order valence-electron chi connectivity index (χ1n) is 7.80. The van der Waals surface area contributed by atoms with Crippen LogP contribution in [-0.2, 0) is 16.1 Å². The van der Waals surface area contributed by atoms with Crippen LogP contribution in [0.2, 0.25) is 0 Å². The standard InChI is InChI=1S/C17H26N2O2/c1-4-16-14(9-10-21-16)17(20)19(12(2)3)11-13-7-5-6-8-15(13)18/h5-8,12,14,16H,4,9-11,18H2,1-3H3. The van der Waals surface area contributed by atoms with Crippen molar-refractivity contribution in [1.82, 2.24) is 4.90 Å². The van der Waals surface area contributed by atoms with E-state index in [1.165, 1.54) is 0 Å². The lowest BCUT2D eigenvalue weighted by Crippen LogP contribution is -2.42. The molecule has 0 aromatic heterocycles. The third-order valence-corrected chi connectivity index (χ3v) is 4.23. The van der Waals surface area contributed by atoms with Gasteiger partial charge in [-0.2, -0.15) is 0 Å². The van der Waals surface area contributed by atoms with Crippen molar-refractivity contribution >= 4 is 11.6 Å². The molecule has 0 bridgehead atoms. The van der Waals surface area contributed by atoms with Gasteiger partial charge in [0.05, 0.1) is 12.0 Å². The molecule has 2 atom stereocenters. The van der Waals surface area contributed by atoms with E-state index in [0.29, 0.717) is 13.2 Å². The lowest BCUT2D eigenvalue weighted by atomic mass is 9.97. The Balaban J connectivity index is 2.15. The number of nitrogen functional groups attached to an aromatic ring is 1. The molecule has 1 amide bonds. The van der Waals surface area contributed by atoms with Gasteiger partial charge in [-0.3, -0.25) is 4.79 Å². The molecule has 116 valence electrons. The molecule has 0 saturated carbocycles. The number of anilines is 1. The first-order chi connectivity index (χ1) is 10.0. The molecule has 4 heteroatoms. The lowest BCUT2D eigenvalue weighted by molar-refractivity contribution is -0.139. The molecular formula is C17H26N2O2. The highest BCUT2D eigenvalue weighted by Crippen LogP contribution is 2.27. The summed E-state index contributed by atoms with van der Waals surface area (Å²) >= 11 is 0. The highest BCUT2D eigenvalue weighted by molar-refractivity contribution is 5.80. The largest absolute Gasteiger partial charge is 0.398 e. The molecule has 0 radical (unpaired) electrons. The topological polar surface area (TPSA) is 55.6 Å². The number of amides is 1. The summed E-state index contributed by atoms with van der Waals surface area (Å²) in [5.74, 6) is 0.180. The zero-order valence-electron chi connectivity index (χ0n) is 13.2. The third-order valence-electron chi connectivity index (χ3n) is 4.23. The number of nitrogens with zero attached hydrogens (tertiary/aromatic N) is 1. The second kappa shape index (κ2) is 6.94. The van der Waals surface area contributed by atoms with E-state index in [1.807, 2.05) is 43.0 Å². The SMILES string of the molecule is CCC1OCCC1C(=O)N(Cc1ccccc1N)C(C)C. The molecule has 21 heavy (non-hydrogen) atoms. The van der Waals surface area contributed by atoms with Gasteiger partial charge >= 0.3 is 0 Å². The average Bonchev–Trinajstić information content (AvgIpc) is 2.93. The number of para-hydroxylation sites is 1. The summed E-state index contributed by atoms with van der Waals surface area (Å²) in [6, 6.07) is 7.89. The maximum absolute atomic E-state index is 12.9. The van der Waals surface area contributed by atoms with Crippen LogP contribution in [0.1, 0.15) is 39.2 Å². The van der Waals surface area contributed by atoms with Crippen LogP contribution in [0.15, 0.2) is 24.3 Å². The van der Waals surface area contributed by atoms with E-state index < -0.39 is 0 Å². The fourth-order valence-electron chi connectivity index (χ4n) is 2.92. The highest BCUT2D eigenvalue weighted by Gasteiger charge is 2.36. The summed E-state index contributed by atoms with van der Waals surface area (Å²) in [5, 5.41) is 0. The van der Waals surface area contributed by atoms with Crippen molar-refractivity contribution in [1.29, 1.82) is 0 Å². The molecule has 1 aromatic carbocycles. The maximum atomic E-state index is 12.9. The molecule has 2 N–H and O–H groups in total. The van der Waals surface area contributed by atoms with Crippen molar-refractivity contribution in [2.24, 2.45) is 5.92 Å². The second-order valence-corrected chi connectivity index (χ2v) is 5.97. The van der Waals surface area contributed by atoms with Crippen LogP contribution in [0.5, 0.6) is 0 Å². The van der Waals surface area contributed by atoms with Crippen molar-refractivity contribution in [2.45, 2.75) is 52.3 Å². The predicted octanol–water partition coefficient (Wildman–Crippen LogP) is 2.82. The van der Waals surface area contributed by atoms with Crippen molar-refractivity contribution in [3.8, 4) is 0 Å². The van der Waals surface area contributed by atoms with Crippen LogP contribution in [0.4, 0.5) is 5.69 Å². The molecule has 2 rings (SSSR count). The van der Waals surface area contributed by atoms with Gasteiger partial charge < -0.3 is 15.4 Å². The maximum Gasteiger partial charge on any atom is 0.228 e. The fourth-order valence-corrected chi connectivity index (χ4v) is 2.92. The van der Waals surface area contributed by atoms with Gasteiger partial charge in [0.1, 0.15) is 0 Å². The molecule has 0 aliphatic carbocycles. The Labute approximate surface area is 127 Å². The number of carbonyl (C=O) groups is 1. The van der Waals surface area contributed by atoms with Crippen LogP contribution in [0.25, 0.3) is 0 Å². The number of ether oxygens (including phenoxy) is 1. The molecule has 1 fully saturated rings. The predicted molar refractivity (Wildman–Crippen MR) is 84.7 cm³/mol. The van der Waals surface area contributed by atoms with Crippen molar-refractivity contribution in [2.75, 3.05) is 12.3 Å². The number of benzene rings is 1. The molecule has 1 saturated heterocycles. The van der Waals surface area contributed by atoms with Crippen molar-refractivity contribution in [3.63, 3.8) is 0 Å². The monoisotopic (exact) mass is 290 g/mol. The van der Waals surface area contributed by atoms with E-state index in [4.69, 9.17) is 10.5 Å². The summed E-state index contributed by atoms with van der Waals surface area (Å²) < 4.78 is 5.67. The summed E-state index contributed by atoms with van der Waals surface area (Å²) in [6.07, 6.45) is 1.77. The van der Waals surface area contributed by atoms with Gasteiger partial charge in [-0.15, -0.1) is 0 Å². The van der Waals surface area contributed by atoms with Gasteiger partial charge in [0, 0.05) is 24.9 Å². The second-order valence-electron chi connectivity index (χ2n) is 5.97. The Morgan fingerprint density at radius 1 is 1.43 bits per heavy atom. The highest BCUT2D eigenvalue weighted by atomic mass is 16.5. The minimum absolute atomic E-state index is 0.0117. The van der Waals surface area contributed by atoms with Gasteiger partial charge in [0.2, 0.25) is 5.91 Å². The van der Waals surface area contributed by atoms with Crippen molar-refractivity contribution < 1.29 is 9.53 Å². The van der Waals surface area contributed by atoms with Crippen LogP contribution in [0.3, 0.4) is 0 Å². The summed E-state index contributed by atoms with van der Waals surface area (Å²) in [5.41, 5.74) is 7.76. The normalized spacial score (nSPS) is 21.7. The summed E-state index contributed by atoms with van der Waals surface area (Å²) in [6.45, 7) is 7.43. The van der Waals surface area contributed by atoms with E-state index in [-0.39, 0.29) is 24.0 Å². The van der Waals surface area contributed by atoms with Gasteiger partial charge in [-0.1, -0.05) is 25.1 Å². The Kier molecular flexibility index (Phi) is 5.23. The minimum Gasteiger partial charge on any atom is -0.398 e. The fraction of sp³-hybridized carbons (Fsp3) is 0.588. The smallest absolute Gasteiger partial charge is 0.228 e.